The summed E-state index contributed by atoms with van der Waals surface area (Å²) in [6.45, 7) is 4.04. The highest BCUT2D eigenvalue weighted by atomic mass is 32.1. The second kappa shape index (κ2) is 9.36. The zero-order valence-corrected chi connectivity index (χ0v) is 15.5. The summed E-state index contributed by atoms with van der Waals surface area (Å²) in [7, 11) is 0. The molecule has 0 aliphatic heterocycles. The molecule has 0 saturated heterocycles. The fraction of sp³-hybridized carbons (Fsp3) is 0.353. The number of esters is 1. The lowest BCUT2D eigenvalue weighted by Gasteiger charge is -2.11. The lowest BCUT2D eigenvalue weighted by Crippen LogP contribution is -2.07. The van der Waals surface area contributed by atoms with Gasteiger partial charge in [-0.25, -0.2) is 4.98 Å². The summed E-state index contributed by atoms with van der Waals surface area (Å²) in [6, 6.07) is 3.18. The number of hydrogen-bond donors (Lipinski definition) is 1. The summed E-state index contributed by atoms with van der Waals surface area (Å²) in [5.74, 6) is -0.0960. The van der Waals surface area contributed by atoms with Crippen LogP contribution in [0.25, 0.3) is 0 Å². The number of benzene rings is 1. The maximum atomic E-state index is 12.9. The van der Waals surface area contributed by atoms with E-state index in [1.54, 1.807) is 19.2 Å². The number of ether oxygens (including phenoxy) is 2. The van der Waals surface area contributed by atoms with Crippen molar-refractivity contribution in [2.24, 2.45) is 5.10 Å². The molecule has 2 aromatic rings. The molecule has 27 heavy (non-hydrogen) atoms. The summed E-state index contributed by atoms with van der Waals surface area (Å²) in [4.78, 5) is 15.6. The smallest absolute Gasteiger partial charge is 0.416 e. The molecule has 0 amide bonds. The van der Waals surface area contributed by atoms with Gasteiger partial charge in [-0.1, -0.05) is 0 Å². The van der Waals surface area contributed by atoms with Crippen LogP contribution in [0.2, 0.25) is 0 Å². The van der Waals surface area contributed by atoms with E-state index in [1.807, 2.05) is 0 Å². The number of anilines is 1. The van der Waals surface area contributed by atoms with Crippen molar-refractivity contribution in [1.29, 1.82) is 0 Å². The van der Waals surface area contributed by atoms with E-state index in [0.717, 1.165) is 12.1 Å². The molecule has 6 nitrogen and oxygen atoms in total. The van der Waals surface area contributed by atoms with Crippen LogP contribution in [0.15, 0.2) is 28.7 Å². The van der Waals surface area contributed by atoms with E-state index in [9.17, 15) is 18.0 Å². The predicted octanol–water partition coefficient (Wildman–Crippen LogP) is 4.11. The van der Waals surface area contributed by atoms with Crippen LogP contribution in [0.3, 0.4) is 0 Å². The van der Waals surface area contributed by atoms with Crippen LogP contribution in [-0.2, 0) is 22.1 Å². The predicted molar refractivity (Wildman–Crippen MR) is 96.3 cm³/mol. The van der Waals surface area contributed by atoms with Gasteiger partial charge in [0, 0.05) is 10.9 Å². The lowest BCUT2D eigenvalue weighted by atomic mass is 10.1. The topological polar surface area (TPSA) is 72.8 Å². The standard InChI is InChI=1S/C17H18F3N3O3S/c1-3-25-14-6-5-12(17(18,19)20)7-11(14)9-21-23-16-22-13(10-27-16)8-15(24)26-4-2/h5-7,9-10H,3-4,8H2,1-2H3,(H,22,23). The van der Waals surface area contributed by atoms with Crippen molar-refractivity contribution in [2.75, 3.05) is 18.6 Å². The molecule has 0 aliphatic rings. The van der Waals surface area contributed by atoms with Gasteiger partial charge in [0.05, 0.1) is 37.1 Å². The van der Waals surface area contributed by atoms with E-state index in [0.29, 0.717) is 17.4 Å². The van der Waals surface area contributed by atoms with Crippen molar-refractivity contribution in [3.8, 4) is 5.75 Å². The highest BCUT2D eigenvalue weighted by Gasteiger charge is 2.31. The molecule has 0 bridgehead atoms. The van der Waals surface area contributed by atoms with Gasteiger partial charge in [-0.2, -0.15) is 18.3 Å². The molecule has 10 heteroatoms. The molecule has 0 saturated carbocycles. The Morgan fingerprint density at radius 1 is 1.33 bits per heavy atom. The Morgan fingerprint density at radius 3 is 2.78 bits per heavy atom. The number of aromatic nitrogens is 1. The van der Waals surface area contributed by atoms with E-state index >= 15 is 0 Å². The number of carbonyl (C=O) groups excluding carboxylic acids is 1. The maximum absolute atomic E-state index is 12.9. The van der Waals surface area contributed by atoms with Crippen molar-refractivity contribution >= 4 is 28.7 Å². The van der Waals surface area contributed by atoms with Crippen molar-refractivity contribution in [2.45, 2.75) is 26.4 Å². The first kappa shape index (κ1) is 20.7. The molecule has 0 spiro atoms. The molecule has 146 valence electrons. The third kappa shape index (κ3) is 6.24. The van der Waals surface area contributed by atoms with Crippen molar-refractivity contribution in [1.82, 2.24) is 4.98 Å². The molecule has 0 radical (unpaired) electrons. The minimum absolute atomic E-state index is 0.0395. The number of nitrogens with one attached hydrogen (secondary N) is 1. The zero-order chi connectivity index (χ0) is 19.9. The van der Waals surface area contributed by atoms with Gasteiger partial charge in [0.1, 0.15) is 5.75 Å². The monoisotopic (exact) mass is 401 g/mol. The quantitative estimate of drug-likeness (QED) is 0.409. The van der Waals surface area contributed by atoms with Crippen LogP contribution in [0, 0.1) is 0 Å². The fourth-order valence-electron chi connectivity index (χ4n) is 2.07. The molecule has 1 aromatic heterocycles. The van der Waals surface area contributed by atoms with Gasteiger partial charge in [-0.3, -0.25) is 10.2 Å². The zero-order valence-electron chi connectivity index (χ0n) is 14.7. The Bertz CT molecular complexity index is 806. The summed E-state index contributed by atoms with van der Waals surface area (Å²) < 4.78 is 48.8. The van der Waals surface area contributed by atoms with Gasteiger partial charge in [-0.05, 0) is 32.0 Å². The number of halogens is 3. The van der Waals surface area contributed by atoms with Gasteiger partial charge < -0.3 is 9.47 Å². The van der Waals surface area contributed by atoms with Crippen LogP contribution in [0.4, 0.5) is 18.3 Å². The average molecular weight is 401 g/mol. The molecule has 0 aliphatic carbocycles. The molecule has 0 atom stereocenters. The van der Waals surface area contributed by atoms with Crippen LogP contribution < -0.4 is 10.2 Å². The van der Waals surface area contributed by atoms with Crippen LogP contribution in [-0.4, -0.2) is 30.4 Å². The molecule has 1 N–H and O–H groups in total. The van der Waals surface area contributed by atoms with E-state index in [4.69, 9.17) is 9.47 Å². The average Bonchev–Trinajstić information content (AvgIpc) is 3.03. The molecule has 1 aromatic carbocycles. The number of alkyl halides is 3. The minimum atomic E-state index is -4.46. The first-order chi connectivity index (χ1) is 12.8. The van der Waals surface area contributed by atoms with Gasteiger partial charge in [-0.15, -0.1) is 11.3 Å². The second-order valence-corrected chi connectivity index (χ2v) is 6.04. The van der Waals surface area contributed by atoms with Crippen molar-refractivity contribution in [3.05, 3.63) is 40.4 Å². The summed E-state index contributed by atoms with van der Waals surface area (Å²) in [6.07, 6.45) is -3.19. The largest absolute Gasteiger partial charge is 0.493 e. The van der Waals surface area contributed by atoms with Crippen molar-refractivity contribution in [3.63, 3.8) is 0 Å². The Morgan fingerprint density at radius 2 is 2.11 bits per heavy atom. The molecule has 0 fully saturated rings. The molecule has 2 rings (SSSR count). The first-order valence-electron chi connectivity index (χ1n) is 8.06. The van der Waals surface area contributed by atoms with Gasteiger partial charge in [0.25, 0.3) is 0 Å². The summed E-state index contributed by atoms with van der Waals surface area (Å²) in [5.41, 5.74) is 2.54. The molecule has 0 unspecified atom stereocenters. The van der Waals surface area contributed by atoms with Crippen LogP contribution in [0.5, 0.6) is 5.75 Å². The lowest BCUT2D eigenvalue weighted by molar-refractivity contribution is -0.142. The number of rotatable bonds is 8. The maximum Gasteiger partial charge on any atom is 0.416 e. The SMILES string of the molecule is CCOC(=O)Cc1csc(NN=Cc2cc(C(F)(F)F)ccc2OCC)n1. The van der Waals surface area contributed by atoms with Crippen LogP contribution in [0.1, 0.15) is 30.7 Å². The van der Waals surface area contributed by atoms with E-state index in [-0.39, 0.29) is 30.3 Å². The van der Waals surface area contributed by atoms with E-state index in [1.165, 1.54) is 23.6 Å². The van der Waals surface area contributed by atoms with Crippen molar-refractivity contribution < 1.29 is 27.4 Å². The summed E-state index contributed by atoms with van der Waals surface area (Å²) in [5, 5.41) is 5.99. The Kier molecular flexibility index (Phi) is 7.17. The number of thiazole rings is 1. The van der Waals surface area contributed by atoms with Gasteiger partial charge >= 0.3 is 12.1 Å². The minimum Gasteiger partial charge on any atom is -0.493 e. The molecular formula is C17H18F3N3O3S. The fourth-order valence-corrected chi connectivity index (χ4v) is 2.73. The number of hydrogen-bond acceptors (Lipinski definition) is 7. The first-order valence-corrected chi connectivity index (χ1v) is 8.94. The second-order valence-electron chi connectivity index (χ2n) is 5.18. The molecule has 1 heterocycles. The summed E-state index contributed by atoms with van der Waals surface area (Å²) >= 11 is 1.21. The number of nitrogens with zero attached hydrogens (tertiary/aromatic N) is 2. The Hall–Kier alpha value is -2.62. The highest BCUT2D eigenvalue weighted by Crippen LogP contribution is 2.32. The third-order valence-electron chi connectivity index (χ3n) is 3.18. The normalized spacial score (nSPS) is 11.6. The Balaban J connectivity index is 2.09. The van der Waals surface area contributed by atoms with Gasteiger partial charge in [0.2, 0.25) is 5.13 Å². The highest BCUT2D eigenvalue weighted by molar-refractivity contribution is 7.13. The van der Waals surface area contributed by atoms with E-state index < -0.39 is 11.7 Å². The van der Waals surface area contributed by atoms with Gasteiger partial charge in [0.15, 0.2) is 0 Å². The number of carbonyl (C=O) groups is 1. The number of hydrazone groups is 1. The molecular weight excluding hydrogens is 383 g/mol. The van der Waals surface area contributed by atoms with E-state index in [2.05, 4.69) is 15.5 Å². The third-order valence-corrected chi connectivity index (χ3v) is 3.98. The Labute approximate surface area is 158 Å². The van der Waals surface area contributed by atoms with Crippen LogP contribution >= 0.6 is 11.3 Å².